The van der Waals surface area contributed by atoms with Gasteiger partial charge in [0.15, 0.2) is 0 Å². The molecule has 8 heteroatoms. The molecule has 0 amide bonds. The van der Waals surface area contributed by atoms with Crippen LogP contribution in [0.1, 0.15) is 31.9 Å². The first-order valence-corrected chi connectivity index (χ1v) is 8.15. The molecule has 0 spiro atoms. The average Bonchev–Trinajstić information content (AvgIpc) is 2.82. The van der Waals surface area contributed by atoms with E-state index in [0.717, 1.165) is 41.0 Å². The molecule has 1 atom stereocenters. The second kappa shape index (κ2) is 6.91. The van der Waals surface area contributed by atoms with E-state index in [1.165, 1.54) is 11.8 Å². The second-order valence-electron chi connectivity index (χ2n) is 4.61. The Morgan fingerprint density at radius 1 is 1.45 bits per heavy atom. The molecule has 1 aliphatic heterocycles. The van der Waals surface area contributed by atoms with Gasteiger partial charge in [0.05, 0.1) is 11.7 Å². The standard InChI is InChI=1S/C12H16F3N3S2/c1-8-9(4-2-6-16-8)10-11(18-20-17-10)19-7-3-5-12(13,14)15/h4,8,16H,2-3,5-7H2,1H3. The van der Waals surface area contributed by atoms with E-state index in [0.29, 0.717) is 5.75 Å². The van der Waals surface area contributed by atoms with Crippen LogP contribution in [0.25, 0.3) is 5.57 Å². The van der Waals surface area contributed by atoms with Crippen molar-refractivity contribution < 1.29 is 13.2 Å². The number of nitrogens with one attached hydrogen (secondary N) is 1. The van der Waals surface area contributed by atoms with Crippen LogP contribution in [0.3, 0.4) is 0 Å². The smallest absolute Gasteiger partial charge is 0.310 e. The fourth-order valence-electron chi connectivity index (χ4n) is 2.01. The largest absolute Gasteiger partial charge is 0.389 e. The van der Waals surface area contributed by atoms with Crippen LogP contribution in [0.2, 0.25) is 0 Å². The van der Waals surface area contributed by atoms with Crippen molar-refractivity contribution in [2.75, 3.05) is 12.3 Å². The minimum absolute atomic E-state index is 0.109. The van der Waals surface area contributed by atoms with Gasteiger partial charge in [0.2, 0.25) is 0 Å². The molecule has 0 aromatic carbocycles. The summed E-state index contributed by atoms with van der Waals surface area (Å²) in [5.41, 5.74) is 1.93. The molecule has 0 bridgehead atoms. The Hall–Kier alpha value is -0.600. The fourth-order valence-corrected chi connectivity index (χ4v) is 3.63. The van der Waals surface area contributed by atoms with E-state index >= 15 is 0 Å². The Balaban J connectivity index is 1.94. The maximum atomic E-state index is 12.1. The second-order valence-corrected chi connectivity index (χ2v) is 6.22. The summed E-state index contributed by atoms with van der Waals surface area (Å²) in [5, 5.41) is 4.09. The monoisotopic (exact) mass is 323 g/mol. The van der Waals surface area contributed by atoms with Crippen molar-refractivity contribution in [2.45, 2.75) is 43.4 Å². The molecule has 112 valence electrons. The average molecular weight is 323 g/mol. The summed E-state index contributed by atoms with van der Waals surface area (Å²) in [7, 11) is 0. The third kappa shape index (κ3) is 4.46. The molecule has 0 radical (unpaired) electrons. The Labute approximate surface area is 124 Å². The maximum absolute atomic E-state index is 12.1. The van der Waals surface area contributed by atoms with Gasteiger partial charge in [-0.3, -0.25) is 0 Å². The minimum atomic E-state index is -4.08. The van der Waals surface area contributed by atoms with Crippen molar-refractivity contribution in [2.24, 2.45) is 0 Å². The quantitative estimate of drug-likeness (QED) is 0.662. The summed E-state index contributed by atoms with van der Waals surface area (Å²) in [6.07, 6.45) is -1.63. The molecule has 1 aliphatic rings. The number of rotatable bonds is 5. The van der Waals surface area contributed by atoms with Crippen LogP contribution in [0.15, 0.2) is 11.1 Å². The van der Waals surface area contributed by atoms with E-state index in [4.69, 9.17) is 0 Å². The number of aromatic nitrogens is 2. The fraction of sp³-hybridized carbons (Fsp3) is 0.667. The highest BCUT2D eigenvalue weighted by atomic mass is 32.2. The molecule has 1 N–H and O–H groups in total. The van der Waals surface area contributed by atoms with Crippen molar-refractivity contribution >= 4 is 29.1 Å². The molecule has 1 aromatic rings. The number of alkyl halides is 3. The Bertz CT molecular complexity index is 471. The predicted octanol–water partition coefficient (Wildman–Crippen LogP) is 3.74. The van der Waals surface area contributed by atoms with Crippen LogP contribution >= 0.6 is 23.5 Å². The normalized spacial score (nSPS) is 20.0. The van der Waals surface area contributed by atoms with Gasteiger partial charge in [-0.2, -0.15) is 21.9 Å². The van der Waals surface area contributed by atoms with Gasteiger partial charge >= 0.3 is 6.18 Å². The highest BCUT2D eigenvalue weighted by Gasteiger charge is 2.26. The lowest BCUT2D eigenvalue weighted by Crippen LogP contribution is -2.31. The Morgan fingerprint density at radius 3 is 2.95 bits per heavy atom. The minimum Gasteiger partial charge on any atom is -0.310 e. The van der Waals surface area contributed by atoms with Gasteiger partial charge in [0, 0.05) is 12.5 Å². The van der Waals surface area contributed by atoms with Gasteiger partial charge in [-0.1, -0.05) is 6.08 Å². The summed E-state index contributed by atoms with van der Waals surface area (Å²) in [5.74, 6) is 0.410. The third-order valence-corrected chi connectivity index (χ3v) is 4.70. The lowest BCUT2D eigenvalue weighted by molar-refractivity contribution is -0.134. The van der Waals surface area contributed by atoms with Crippen LogP contribution in [0.5, 0.6) is 0 Å². The zero-order valence-electron chi connectivity index (χ0n) is 11.0. The van der Waals surface area contributed by atoms with E-state index < -0.39 is 12.6 Å². The summed E-state index contributed by atoms with van der Waals surface area (Å²) >= 11 is 2.47. The van der Waals surface area contributed by atoms with Gasteiger partial charge in [-0.15, -0.1) is 11.8 Å². The molecule has 1 aromatic heterocycles. The highest BCUT2D eigenvalue weighted by Crippen LogP contribution is 2.31. The van der Waals surface area contributed by atoms with Gasteiger partial charge in [-0.25, -0.2) is 0 Å². The van der Waals surface area contributed by atoms with Crippen LogP contribution in [0, 0.1) is 0 Å². The van der Waals surface area contributed by atoms with E-state index in [9.17, 15) is 13.2 Å². The van der Waals surface area contributed by atoms with Crippen LogP contribution in [-0.4, -0.2) is 33.3 Å². The molecule has 2 rings (SSSR count). The summed E-state index contributed by atoms with van der Waals surface area (Å²) in [6.45, 7) is 3.00. The van der Waals surface area contributed by atoms with E-state index in [2.05, 4.69) is 27.1 Å². The molecule has 0 fully saturated rings. The van der Waals surface area contributed by atoms with Gasteiger partial charge in [0.1, 0.15) is 10.7 Å². The number of nitrogens with zero attached hydrogens (tertiary/aromatic N) is 2. The van der Waals surface area contributed by atoms with Crippen molar-refractivity contribution in [3.8, 4) is 0 Å². The lowest BCUT2D eigenvalue weighted by Gasteiger charge is -2.21. The number of thioether (sulfide) groups is 1. The Morgan fingerprint density at radius 2 is 2.25 bits per heavy atom. The maximum Gasteiger partial charge on any atom is 0.389 e. The zero-order valence-corrected chi connectivity index (χ0v) is 12.7. The SMILES string of the molecule is CC1NCCC=C1c1nsnc1SCCCC(F)(F)F. The topological polar surface area (TPSA) is 37.8 Å². The molecule has 1 unspecified atom stereocenters. The van der Waals surface area contributed by atoms with E-state index in [1.807, 2.05) is 0 Å². The van der Waals surface area contributed by atoms with Crippen LogP contribution in [-0.2, 0) is 0 Å². The molecule has 0 aliphatic carbocycles. The number of hydrogen-bond donors (Lipinski definition) is 1. The third-order valence-electron chi connectivity index (χ3n) is 3.00. The van der Waals surface area contributed by atoms with Crippen LogP contribution in [0.4, 0.5) is 13.2 Å². The van der Waals surface area contributed by atoms with E-state index in [-0.39, 0.29) is 12.5 Å². The van der Waals surface area contributed by atoms with Crippen LogP contribution < -0.4 is 5.32 Å². The molecule has 20 heavy (non-hydrogen) atoms. The zero-order chi connectivity index (χ0) is 14.6. The van der Waals surface area contributed by atoms with Crippen molar-refractivity contribution in [3.05, 3.63) is 11.8 Å². The first kappa shape index (κ1) is 15.8. The highest BCUT2D eigenvalue weighted by molar-refractivity contribution is 7.99. The summed E-state index contributed by atoms with van der Waals surface area (Å²) < 4.78 is 44.8. The molecular weight excluding hydrogens is 307 g/mol. The number of halogens is 3. The molecule has 0 saturated heterocycles. The van der Waals surface area contributed by atoms with E-state index in [1.54, 1.807) is 0 Å². The summed E-state index contributed by atoms with van der Waals surface area (Å²) in [4.78, 5) is 0. The van der Waals surface area contributed by atoms with Gasteiger partial charge in [0.25, 0.3) is 0 Å². The predicted molar refractivity (Wildman–Crippen MR) is 76.0 cm³/mol. The molecule has 3 nitrogen and oxygen atoms in total. The Kier molecular flexibility index (Phi) is 5.45. The summed E-state index contributed by atoms with van der Waals surface area (Å²) in [6, 6.07) is 0.210. The molecular formula is C12H16F3N3S2. The molecule has 2 heterocycles. The lowest BCUT2D eigenvalue weighted by atomic mass is 10.0. The van der Waals surface area contributed by atoms with Crippen molar-refractivity contribution in [1.82, 2.24) is 14.1 Å². The first-order valence-electron chi connectivity index (χ1n) is 6.43. The number of hydrogen-bond acceptors (Lipinski definition) is 5. The van der Waals surface area contributed by atoms with Crippen molar-refractivity contribution in [1.29, 1.82) is 0 Å². The molecule has 0 saturated carbocycles. The van der Waals surface area contributed by atoms with Gasteiger partial charge < -0.3 is 5.32 Å². The van der Waals surface area contributed by atoms with Crippen molar-refractivity contribution in [3.63, 3.8) is 0 Å². The first-order chi connectivity index (χ1) is 9.47. The van der Waals surface area contributed by atoms with Gasteiger partial charge in [-0.05, 0) is 37.6 Å².